The summed E-state index contributed by atoms with van der Waals surface area (Å²) in [6, 6.07) is 23.9. The Bertz CT molecular complexity index is 4640. The van der Waals surface area contributed by atoms with Crippen LogP contribution in [0, 0.1) is 23.7 Å². The van der Waals surface area contributed by atoms with Crippen molar-refractivity contribution in [1.29, 1.82) is 0 Å². The molecular formula is C72H84Cl5N15O6. The molecule has 518 valence electrons. The van der Waals surface area contributed by atoms with Crippen molar-refractivity contribution in [2.75, 3.05) is 45.2 Å². The van der Waals surface area contributed by atoms with E-state index in [1.54, 1.807) is 106 Å². The largest absolute Gasteiger partial charge is 0.493 e. The molecule has 0 radical (unpaired) electrons. The average molecular weight is 1430 g/mol. The second-order valence-corrected chi connectivity index (χ2v) is 28.1. The molecule has 14 rings (SSSR count). The minimum absolute atomic E-state index is 0.0610. The lowest BCUT2D eigenvalue weighted by Gasteiger charge is -2.21. The lowest BCUT2D eigenvalue weighted by atomic mass is 9.85. The van der Waals surface area contributed by atoms with E-state index in [2.05, 4.69) is 85.2 Å². The highest BCUT2D eigenvalue weighted by Gasteiger charge is 2.31. The van der Waals surface area contributed by atoms with Crippen molar-refractivity contribution in [2.45, 2.75) is 112 Å². The van der Waals surface area contributed by atoms with Crippen LogP contribution in [-0.4, -0.2) is 134 Å². The highest BCUT2D eigenvalue weighted by atomic mass is 35.5. The van der Waals surface area contributed by atoms with Crippen LogP contribution < -0.4 is 15.0 Å². The lowest BCUT2D eigenvalue weighted by Crippen LogP contribution is -2.31. The number of benzene rings is 6. The van der Waals surface area contributed by atoms with Crippen molar-refractivity contribution >= 4 is 147 Å². The number of ether oxygens (including phenoxy) is 1. The molecule has 2 aliphatic rings. The van der Waals surface area contributed by atoms with Crippen LogP contribution >= 0.6 is 58.0 Å². The fourth-order valence-electron chi connectivity index (χ4n) is 11.9. The molecule has 7 heterocycles. The number of nitrogens with one attached hydrogen (secondary N) is 7. The lowest BCUT2D eigenvalue weighted by molar-refractivity contribution is -0.132. The third-order valence-electron chi connectivity index (χ3n) is 17.0. The van der Waals surface area contributed by atoms with Crippen molar-refractivity contribution in [3.63, 3.8) is 0 Å². The first kappa shape index (κ1) is 74.0. The van der Waals surface area contributed by atoms with Crippen LogP contribution in [0.1, 0.15) is 138 Å². The maximum absolute atomic E-state index is 12.5. The first-order valence-electron chi connectivity index (χ1n) is 32.7. The van der Waals surface area contributed by atoms with Gasteiger partial charge < -0.3 is 30.1 Å². The Hall–Kier alpha value is -8.28. The van der Waals surface area contributed by atoms with Gasteiger partial charge in [0, 0.05) is 103 Å². The van der Waals surface area contributed by atoms with Gasteiger partial charge in [0.15, 0.2) is 5.78 Å². The van der Waals surface area contributed by atoms with Gasteiger partial charge in [-0.1, -0.05) is 124 Å². The molecule has 1 saturated heterocycles. The van der Waals surface area contributed by atoms with E-state index >= 15 is 0 Å². The summed E-state index contributed by atoms with van der Waals surface area (Å²) in [6.45, 7) is 16.5. The van der Waals surface area contributed by atoms with E-state index in [1.807, 2.05) is 63.4 Å². The van der Waals surface area contributed by atoms with E-state index in [1.165, 1.54) is 32.1 Å². The first-order valence-corrected chi connectivity index (χ1v) is 34.6. The molecule has 2 amide bonds. The number of fused-ring (bicyclic) bond motifs is 6. The molecule has 2 atom stereocenters. The van der Waals surface area contributed by atoms with Gasteiger partial charge in [-0.2, -0.15) is 30.6 Å². The molecule has 2 fully saturated rings. The number of aromatic amines is 6. The Balaban J connectivity index is 0.000000139. The SMILES string of the molecule is CC(C)(O)c1cc(Cl)cc2[nH]ncc12.CC(C)C(O)c1cc(Cl)cc2[nH]ncc12.CC(C)COc1cccc2[nH]ncc12.CCNC(=O)c1cc(Cl)cc2[nH]ncc12.CN(C)C(=O)C1CCN(c2cc(Cl)cc3[nH]ncc23)C1.O=C(CCC1CCCCC1)c1cc(Cl)cc2[nH]ncc12. The molecule has 26 heteroatoms. The smallest absolute Gasteiger partial charge is 0.252 e. The molecule has 2 unspecified atom stereocenters. The van der Waals surface area contributed by atoms with Gasteiger partial charge >= 0.3 is 0 Å². The third-order valence-corrected chi connectivity index (χ3v) is 18.1. The van der Waals surface area contributed by atoms with Gasteiger partial charge in [0.05, 0.1) is 105 Å². The maximum Gasteiger partial charge on any atom is 0.252 e. The number of aliphatic hydroxyl groups is 2. The molecule has 98 heavy (non-hydrogen) atoms. The summed E-state index contributed by atoms with van der Waals surface area (Å²) in [5, 5.41) is 72.3. The molecule has 1 aliphatic carbocycles. The van der Waals surface area contributed by atoms with E-state index in [4.69, 9.17) is 62.7 Å². The Morgan fingerprint density at radius 2 is 1.11 bits per heavy atom. The molecule has 1 aliphatic heterocycles. The summed E-state index contributed by atoms with van der Waals surface area (Å²) >= 11 is 30.0. The van der Waals surface area contributed by atoms with Crippen LogP contribution in [0.4, 0.5) is 5.69 Å². The van der Waals surface area contributed by atoms with E-state index in [0.717, 1.165) is 126 Å². The van der Waals surface area contributed by atoms with Gasteiger partial charge in [-0.3, -0.25) is 45.0 Å². The zero-order chi connectivity index (χ0) is 70.4. The standard InChI is InChI=1S/C16H19ClN2O.C14H17ClN4O.C11H13ClN2O.C11H14N2O.C10H10ClN3O.C10H11ClN2O/c17-12-8-13(14-10-18-19-15(14)9-12)16(20)7-6-11-4-2-1-3-5-11;1-18(2)14(20)9-3-4-19(8-9)13-6-10(15)5-12-11(13)7-16-17-12;1-6(2)11(15)8-3-7(12)4-10-9(8)5-13-14-10;1-8(2)7-14-11-5-3-4-10-9(11)6-12-13-10;1-2-12-10(15)7-3-6(11)4-9-8(7)5-13-14-9;1-10(2,14)8-3-6(11)4-9-7(8)5-12-13-9/h8-11H,1-7H2,(H,18,19);5-7,9H,3-4,8H2,1-2H3,(H,16,17);3-6,11,15H,1-2H3,(H,13,14);3-6,8H,7H2,1-2H3,(H,12,13);3-5H,2H2,1H3,(H,12,15)(H,13,14);3-5,14H,1-2H3,(H,12,13). The molecule has 9 N–H and O–H groups in total. The van der Waals surface area contributed by atoms with E-state index < -0.39 is 11.7 Å². The van der Waals surface area contributed by atoms with Gasteiger partial charge in [-0.25, -0.2) is 0 Å². The second kappa shape index (κ2) is 34.0. The van der Waals surface area contributed by atoms with Gasteiger partial charge in [0.2, 0.25) is 5.91 Å². The van der Waals surface area contributed by atoms with Crippen LogP contribution in [-0.2, 0) is 10.4 Å². The quantitative estimate of drug-likeness (QED) is 0.0458. The van der Waals surface area contributed by atoms with E-state index in [-0.39, 0.29) is 29.4 Å². The number of anilines is 1. The number of carbonyl (C=O) groups is 3. The number of aromatic nitrogens is 12. The number of amides is 2. The minimum atomic E-state index is -0.910. The topological polar surface area (TPSA) is 291 Å². The second-order valence-electron chi connectivity index (χ2n) is 26.0. The number of aliphatic hydroxyl groups excluding tert-OH is 1. The molecule has 0 spiro atoms. The first-order chi connectivity index (χ1) is 46.9. The van der Waals surface area contributed by atoms with Crippen LogP contribution in [0.3, 0.4) is 0 Å². The number of ketones is 1. The maximum atomic E-state index is 12.5. The molecule has 6 aromatic heterocycles. The zero-order valence-corrected chi connectivity index (χ0v) is 60.1. The number of Topliss-reactive ketones (excluding diaryl/α,β-unsaturated/α-hetero) is 1. The van der Waals surface area contributed by atoms with Crippen LogP contribution in [0.25, 0.3) is 65.4 Å². The Labute approximate surface area is 593 Å². The molecule has 1 saturated carbocycles. The number of carbonyl (C=O) groups excluding carboxylic acids is 3. The van der Waals surface area contributed by atoms with Crippen molar-refractivity contribution in [3.8, 4) is 5.75 Å². The van der Waals surface area contributed by atoms with Gasteiger partial charge in [0.25, 0.3) is 5.91 Å². The Morgan fingerprint density at radius 1 is 0.622 bits per heavy atom. The van der Waals surface area contributed by atoms with Gasteiger partial charge in [-0.05, 0) is 135 Å². The summed E-state index contributed by atoms with van der Waals surface area (Å²) in [7, 11) is 3.61. The predicted molar refractivity (Wildman–Crippen MR) is 394 cm³/mol. The highest BCUT2D eigenvalue weighted by Crippen LogP contribution is 2.36. The molecule has 0 bridgehead atoms. The predicted octanol–water partition coefficient (Wildman–Crippen LogP) is 16.8. The zero-order valence-electron chi connectivity index (χ0n) is 56.3. The van der Waals surface area contributed by atoms with Crippen LogP contribution in [0.15, 0.2) is 116 Å². The van der Waals surface area contributed by atoms with Crippen LogP contribution in [0.5, 0.6) is 5.75 Å². The van der Waals surface area contributed by atoms with Crippen molar-refractivity contribution in [1.82, 2.24) is 71.4 Å². The number of nitrogens with zero attached hydrogens (tertiary/aromatic N) is 8. The number of halogens is 5. The number of H-pyrrole nitrogens is 6. The normalized spacial score (nSPS) is 14.3. The molecular weight excluding hydrogens is 1350 g/mol. The summed E-state index contributed by atoms with van der Waals surface area (Å²) in [4.78, 5) is 40.1. The number of hydrogen-bond acceptors (Lipinski definition) is 13. The molecule has 21 nitrogen and oxygen atoms in total. The Morgan fingerprint density at radius 3 is 1.68 bits per heavy atom. The minimum Gasteiger partial charge on any atom is -0.493 e. The summed E-state index contributed by atoms with van der Waals surface area (Å²) < 4.78 is 5.68. The molecule has 6 aromatic carbocycles. The van der Waals surface area contributed by atoms with Gasteiger partial charge in [-0.15, -0.1) is 0 Å². The van der Waals surface area contributed by atoms with E-state index in [9.17, 15) is 24.6 Å². The number of rotatable bonds is 14. The summed E-state index contributed by atoms with van der Waals surface area (Å²) in [5.74, 6) is 2.63. The fourth-order valence-corrected chi connectivity index (χ4v) is 13.0. The monoisotopic (exact) mass is 1430 g/mol. The highest BCUT2D eigenvalue weighted by molar-refractivity contribution is 6.33. The average Bonchev–Trinajstić information content (AvgIpc) is 1.40. The van der Waals surface area contributed by atoms with Crippen LogP contribution in [0.2, 0.25) is 25.1 Å². The van der Waals surface area contributed by atoms with E-state index in [0.29, 0.717) is 55.1 Å². The van der Waals surface area contributed by atoms with Crippen molar-refractivity contribution in [2.24, 2.45) is 23.7 Å². The Kier molecular flexibility index (Phi) is 25.7. The van der Waals surface area contributed by atoms with Gasteiger partial charge in [0.1, 0.15) is 5.75 Å². The number of hydrogen-bond donors (Lipinski definition) is 9. The van der Waals surface area contributed by atoms with Crippen molar-refractivity contribution < 1.29 is 29.3 Å². The molecule has 12 aromatic rings. The van der Waals surface area contributed by atoms with Crippen molar-refractivity contribution in [3.05, 3.63) is 163 Å². The summed E-state index contributed by atoms with van der Waals surface area (Å²) in [6.07, 6.45) is 18.9. The summed E-state index contributed by atoms with van der Waals surface area (Å²) in [5.41, 5.74) is 8.26. The fraction of sp³-hybridized carbons (Fsp3) is 0.375. The third kappa shape index (κ3) is 19.1.